The van der Waals surface area contributed by atoms with Crippen LogP contribution in [-0.2, 0) is 0 Å². The highest BCUT2D eigenvalue weighted by Gasteiger charge is 2.32. The minimum absolute atomic E-state index is 0.119. The molecule has 1 aliphatic carbocycles. The van der Waals surface area contributed by atoms with Gasteiger partial charge in [0, 0.05) is 0 Å². The van der Waals surface area contributed by atoms with Gasteiger partial charge in [0.05, 0.1) is 0 Å². The number of aryl methyl sites for hydroxylation is 1. The van der Waals surface area contributed by atoms with Gasteiger partial charge in [-0.25, -0.2) is 0 Å². The van der Waals surface area contributed by atoms with Crippen LogP contribution in [0.15, 0.2) is 24.3 Å². The van der Waals surface area contributed by atoms with Crippen LogP contribution in [0.3, 0.4) is 0 Å². The fraction of sp³-hybridized carbons (Fsp3) is 0.739. The van der Waals surface area contributed by atoms with Crippen LogP contribution in [-0.4, -0.2) is 5.60 Å². The minimum atomic E-state index is 0.119. The summed E-state index contributed by atoms with van der Waals surface area (Å²) in [6, 6.07) is 8.45. The normalized spacial score (nSPS) is 15.9. The molecular formula is C23H42O. The Morgan fingerprint density at radius 3 is 1.62 bits per heavy atom. The highest BCUT2D eigenvalue weighted by atomic mass is 16.5. The average Bonchev–Trinajstić information content (AvgIpc) is 2.49. The largest absolute Gasteiger partial charge is 0.487 e. The Morgan fingerprint density at radius 2 is 1.25 bits per heavy atom. The predicted molar refractivity (Wildman–Crippen MR) is 109 cm³/mol. The van der Waals surface area contributed by atoms with Gasteiger partial charge in [-0.15, -0.1) is 0 Å². The average molecular weight is 335 g/mol. The number of benzene rings is 1. The summed E-state index contributed by atoms with van der Waals surface area (Å²) in [5.41, 5.74) is 1.41. The molecule has 1 aliphatic rings. The van der Waals surface area contributed by atoms with Gasteiger partial charge in [0.1, 0.15) is 11.4 Å². The van der Waals surface area contributed by atoms with Crippen molar-refractivity contribution < 1.29 is 4.74 Å². The molecule has 1 saturated carbocycles. The van der Waals surface area contributed by atoms with Gasteiger partial charge >= 0.3 is 0 Å². The summed E-state index contributed by atoms with van der Waals surface area (Å²) in [7, 11) is 0. The van der Waals surface area contributed by atoms with E-state index in [1.807, 2.05) is 0 Å². The van der Waals surface area contributed by atoms with E-state index in [0.29, 0.717) is 0 Å². The van der Waals surface area contributed by atoms with Crippen molar-refractivity contribution in [1.29, 1.82) is 0 Å². The van der Waals surface area contributed by atoms with Crippen LogP contribution in [0.1, 0.15) is 92.6 Å². The summed E-state index contributed by atoms with van der Waals surface area (Å²) in [6.45, 7) is 17.4. The van der Waals surface area contributed by atoms with Crippen molar-refractivity contribution in [2.24, 2.45) is 11.8 Å². The molecule has 1 aromatic rings. The van der Waals surface area contributed by atoms with Crippen LogP contribution >= 0.6 is 0 Å². The molecular weight excluding hydrogens is 292 g/mol. The fourth-order valence-electron chi connectivity index (χ4n) is 2.58. The van der Waals surface area contributed by atoms with Crippen molar-refractivity contribution in [3.8, 4) is 5.75 Å². The second-order valence-corrected chi connectivity index (χ2v) is 8.48. The zero-order valence-corrected chi connectivity index (χ0v) is 17.6. The predicted octanol–water partition coefficient (Wildman–Crippen LogP) is 7.81. The Hall–Kier alpha value is -0.980. The topological polar surface area (TPSA) is 9.23 Å². The number of ether oxygens (including phenoxy) is 1. The lowest BCUT2D eigenvalue weighted by atomic mass is 9.82. The lowest BCUT2D eigenvalue weighted by Gasteiger charge is -2.37. The van der Waals surface area contributed by atoms with E-state index in [2.05, 4.69) is 79.7 Å². The zero-order valence-electron chi connectivity index (χ0n) is 17.6. The molecule has 0 amide bonds. The number of hydrogen-bond acceptors (Lipinski definition) is 1. The smallest absolute Gasteiger partial charge is 0.120 e. The highest BCUT2D eigenvalue weighted by Crippen LogP contribution is 2.35. The van der Waals surface area contributed by atoms with E-state index < -0.39 is 0 Å². The van der Waals surface area contributed by atoms with Crippen LogP contribution in [0.25, 0.3) is 0 Å². The van der Waals surface area contributed by atoms with E-state index in [1.54, 1.807) is 0 Å². The third-order valence-electron chi connectivity index (χ3n) is 3.76. The summed E-state index contributed by atoms with van der Waals surface area (Å²) >= 11 is 0. The van der Waals surface area contributed by atoms with E-state index in [4.69, 9.17) is 4.74 Å². The Bertz CT molecular complexity index is 385. The van der Waals surface area contributed by atoms with Crippen molar-refractivity contribution in [2.75, 3.05) is 0 Å². The Balaban J connectivity index is 0.000000558. The van der Waals surface area contributed by atoms with Gasteiger partial charge in [0.15, 0.2) is 0 Å². The van der Waals surface area contributed by atoms with E-state index in [9.17, 15) is 0 Å². The van der Waals surface area contributed by atoms with Crippen molar-refractivity contribution in [3.63, 3.8) is 0 Å². The molecule has 0 aromatic heterocycles. The molecule has 0 bridgehead atoms. The first-order chi connectivity index (χ1) is 11.2. The Morgan fingerprint density at radius 1 is 0.833 bits per heavy atom. The Labute approximate surface area is 152 Å². The van der Waals surface area contributed by atoms with Crippen LogP contribution in [0.5, 0.6) is 5.75 Å². The van der Waals surface area contributed by atoms with E-state index in [-0.39, 0.29) is 5.60 Å². The maximum absolute atomic E-state index is 6.25. The molecule has 0 N–H and O–H groups in total. The summed E-state index contributed by atoms with van der Waals surface area (Å²) in [4.78, 5) is 0. The second-order valence-electron chi connectivity index (χ2n) is 8.48. The quantitative estimate of drug-likeness (QED) is 0.547. The minimum Gasteiger partial charge on any atom is -0.487 e. The van der Waals surface area contributed by atoms with Crippen LogP contribution in [0, 0.1) is 18.8 Å². The van der Waals surface area contributed by atoms with Crippen LogP contribution < -0.4 is 4.74 Å². The molecule has 140 valence electrons. The fourth-order valence-corrected chi connectivity index (χ4v) is 2.58. The lowest BCUT2D eigenvalue weighted by molar-refractivity contribution is 0.0265. The van der Waals surface area contributed by atoms with E-state index in [1.165, 1.54) is 37.7 Å². The van der Waals surface area contributed by atoms with Crippen molar-refractivity contribution in [2.45, 2.75) is 99.5 Å². The first kappa shape index (κ1) is 23.0. The Kier molecular flexibility index (Phi) is 11.9. The molecule has 24 heavy (non-hydrogen) atoms. The lowest BCUT2D eigenvalue weighted by Crippen LogP contribution is -2.37. The van der Waals surface area contributed by atoms with Crippen LogP contribution in [0.2, 0.25) is 0 Å². The van der Waals surface area contributed by atoms with Crippen molar-refractivity contribution in [3.05, 3.63) is 29.8 Å². The highest BCUT2D eigenvalue weighted by molar-refractivity contribution is 5.27. The van der Waals surface area contributed by atoms with Crippen LogP contribution in [0.4, 0.5) is 0 Å². The molecule has 1 heteroatoms. The third-order valence-corrected chi connectivity index (χ3v) is 3.76. The molecule has 2 rings (SSSR count). The van der Waals surface area contributed by atoms with Crippen molar-refractivity contribution >= 4 is 0 Å². The standard InChI is InChI=1S/C15H22O.2C4H10/c1-3-15(11-5-4-6-12-15)16-14-9-7-13(2)8-10-14;2*1-4(2)3/h7-10H,3-6,11-12H2,1-2H3;2*4H,1-3H3. The number of hydrogen-bond donors (Lipinski definition) is 0. The molecule has 1 aromatic carbocycles. The molecule has 0 saturated heterocycles. The van der Waals surface area contributed by atoms with Gasteiger partial charge in [0.2, 0.25) is 0 Å². The van der Waals surface area contributed by atoms with Gasteiger partial charge in [-0.3, -0.25) is 0 Å². The van der Waals surface area contributed by atoms with E-state index in [0.717, 1.165) is 24.0 Å². The van der Waals surface area contributed by atoms with Gasteiger partial charge in [0.25, 0.3) is 0 Å². The molecule has 0 radical (unpaired) electrons. The van der Waals surface area contributed by atoms with Gasteiger partial charge < -0.3 is 4.74 Å². The molecule has 0 atom stereocenters. The molecule has 0 spiro atoms. The molecule has 0 heterocycles. The van der Waals surface area contributed by atoms with Crippen molar-refractivity contribution in [1.82, 2.24) is 0 Å². The molecule has 0 unspecified atom stereocenters. The monoisotopic (exact) mass is 334 g/mol. The first-order valence-corrected chi connectivity index (χ1v) is 9.96. The maximum Gasteiger partial charge on any atom is 0.120 e. The SMILES string of the molecule is CC(C)C.CC(C)C.CCC1(Oc2ccc(C)cc2)CCCCC1. The third kappa shape index (κ3) is 11.5. The van der Waals surface area contributed by atoms with Gasteiger partial charge in [-0.2, -0.15) is 0 Å². The van der Waals surface area contributed by atoms with Gasteiger partial charge in [-0.05, 0) is 63.0 Å². The summed E-state index contributed by atoms with van der Waals surface area (Å²) in [5.74, 6) is 2.70. The van der Waals surface area contributed by atoms with E-state index >= 15 is 0 Å². The summed E-state index contributed by atoms with van der Waals surface area (Å²) in [6.07, 6.45) is 7.58. The molecule has 0 aliphatic heterocycles. The first-order valence-electron chi connectivity index (χ1n) is 9.96. The maximum atomic E-state index is 6.25. The number of rotatable bonds is 3. The van der Waals surface area contributed by atoms with Gasteiger partial charge in [-0.1, -0.05) is 72.6 Å². The summed E-state index contributed by atoms with van der Waals surface area (Å²) in [5, 5.41) is 0. The second kappa shape index (κ2) is 12.4. The summed E-state index contributed by atoms with van der Waals surface area (Å²) < 4.78 is 6.25. The molecule has 1 nitrogen and oxygen atoms in total. The zero-order chi connectivity index (χ0) is 18.6. The molecule has 1 fully saturated rings.